The summed E-state index contributed by atoms with van der Waals surface area (Å²) in [6.45, 7) is 2.75. The van der Waals surface area contributed by atoms with Gasteiger partial charge >= 0.3 is 0 Å². The molecule has 86 valence electrons. The summed E-state index contributed by atoms with van der Waals surface area (Å²) in [6, 6.07) is 8.37. The van der Waals surface area contributed by atoms with Crippen LogP contribution in [0.4, 0.5) is 0 Å². The number of benzene rings is 1. The molecule has 0 saturated carbocycles. The molecule has 0 radical (unpaired) electrons. The predicted molar refractivity (Wildman–Crippen MR) is 63.1 cm³/mol. The summed E-state index contributed by atoms with van der Waals surface area (Å²) in [4.78, 5) is 16.2. The van der Waals surface area contributed by atoms with Gasteiger partial charge in [0.15, 0.2) is 0 Å². The van der Waals surface area contributed by atoms with Crippen LogP contribution in [0.1, 0.15) is 16.7 Å². The van der Waals surface area contributed by atoms with Crippen molar-refractivity contribution in [2.75, 3.05) is 0 Å². The standard InChI is InChI=1S/C13H12N2O2/c1-9-6-14-13-15(12(9)16)7-10-4-2-3-5-11(10)8-17-13/h2-6H,7-8H2,1H3. The van der Waals surface area contributed by atoms with Crippen LogP contribution in [0, 0.1) is 6.92 Å². The second-order valence-electron chi connectivity index (χ2n) is 4.17. The molecule has 0 atom stereocenters. The van der Waals surface area contributed by atoms with Crippen molar-refractivity contribution < 1.29 is 4.74 Å². The van der Waals surface area contributed by atoms with E-state index >= 15 is 0 Å². The van der Waals surface area contributed by atoms with Crippen molar-refractivity contribution in [3.05, 3.63) is 57.5 Å². The first kappa shape index (κ1) is 10.1. The fourth-order valence-corrected chi connectivity index (χ4v) is 2.00. The van der Waals surface area contributed by atoms with Crippen molar-refractivity contribution in [3.63, 3.8) is 0 Å². The van der Waals surface area contributed by atoms with E-state index in [1.165, 1.54) is 0 Å². The molecule has 2 heterocycles. The van der Waals surface area contributed by atoms with E-state index in [9.17, 15) is 4.79 Å². The van der Waals surface area contributed by atoms with Crippen LogP contribution in [0.15, 0.2) is 35.3 Å². The molecule has 1 aromatic carbocycles. The van der Waals surface area contributed by atoms with Crippen molar-refractivity contribution in [1.82, 2.24) is 9.55 Å². The van der Waals surface area contributed by atoms with Gasteiger partial charge in [-0.05, 0) is 18.1 Å². The van der Waals surface area contributed by atoms with Gasteiger partial charge < -0.3 is 4.74 Å². The molecule has 0 fully saturated rings. The monoisotopic (exact) mass is 228 g/mol. The van der Waals surface area contributed by atoms with Gasteiger partial charge in [-0.1, -0.05) is 24.3 Å². The van der Waals surface area contributed by atoms with E-state index in [0.29, 0.717) is 24.7 Å². The minimum atomic E-state index is -0.0355. The highest BCUT2D eigenvalue weighted by molar-refractivity contribution is 5.29. The lowest BCUT2D eigenvalue weighted by atomic mass is 10.1. The van der Waals surface area contributed by atoms with Crippen LogP contribution in [-0.4, -0.2) is 9.55 Å². The Labute approximate surface area is 98.5 Å². The van der Waals surface area contributed by atoms with E-state index in [1.54, 1.807) is 17.7 Å². The van der Waals surface area contributed by atoms with E-state index in [1.807, 2.05) is 24.3 Å². The zero-order valence-electron chi connectivity index (χ0n) is 9.51. The minimum absolute atomic E-state index is 0.0355. The molecule has 1 aliphatic heterocycles. The molecule has 4 nitrogen and oxygen atoms in total. The summed E-state index contributed by atoms with van der Waals surface area (Å²) in [5.74, 6) is 0. The summed E-state index contributed by atoms with van der Waals surface area (Å²) in [5, 5.41) is 0. The Bertz CT molecular complexity index is 632. The van der Waals surface area contributed by atoms with Gasteiger partial charge in [0.25, 0.3) is 11.6 Å². The molecule has 0 saturated heterocycles. The van der Waals surface area contributed by atoms with Crippen LogP contribution in [0.25, 0.3) is 0 Å². The molecule has 0 N–H and O–H groups in total. The average Bonchev–Trinajstić information content (AvgIpc) is 2.54. The molecule has 0 bridgehead atoms. The van der Waals surface area contributed by atoms with E-state index in [4.69, 9.17) is 4.74 Å². The third kappa shape index (κ3) is 1.62. The Balaban J connectivity index is 2.19. The van der Waals surface area contributed by atoms with Gasteiger partial charge in [0.2, 0.25) is 0 Å². The highest BCUT2D eigenvalue weighted by Gasteiger charge is 2.15. The minimum Gasteiger partial charge on any atom is -0.460 e. The molecule has 0 aliphatic carbocycles. The number of hydrogen-bond acceptors (Lipinski definition) is 3. The summed E-state index contributed by atoms with van der Waals surface area (Å²) in [7, 11) is 0. The molecule has 2 aromatic rings. The van der Waals surface area contributed by atoms with Crippen molar-refractivity contribution in [2.45, 2.75) is 20.1 Å². The van der Waals surface area contributed by atoms with E-state index < -0.39 is 0 Å². The summed E-state index contributed by atoms with van der Waals surface area (Å²) in [5.41, 5.74) is 2.82. The van der Waals surface area contributed by atoms with Crippen molar-refractivity contribution in [3.8, 4) is 6.01 Å². The lowest BCUT2D eigenvalue weighted by Crippen LogP contribution is -2.24. The number of rotatable bonds is 0. The summed E-state index contributed by atoms with van der Waals surface area (Å²) >= 11 is 0. The molecular formula is C13H12N2O2. The van der Waals surface area contributed by atoms with Crippen molar-refractivity contribution in [1.29, 1.82) is 0 Å². The molecule has 4 heteroatoms. The van der Waals surface area contributed by atoms with Crippen molar-refractivity contribution >= 4 is 0 Å². The fourth-order valence-electron chi connectivity index (χ4n) is 2.00. The number of hydrogen-bond donors (Lipinski definition) is 0. The number of aromatic nitrogens is 2. The Hall–Kier alpha value is -2.10. The van der Waals surface area contributed by atoms with Gasteiger partial charge in [0, 0.05) is 11.8 Å². The zero-order chi connectivity index (χ0) is 11.8. The maximum absolute atomic E-state index is 12.0. The Kier molecular flexibility index (Phi) is 2.21. The molecule has 1 aliphatic rings. The Morgan fingerprint density at radius 2 is 2.06 bits per heavy atom. The molecular weight excluding hydrogens is 216 g/mol. The first-order valence-electron chi connectivity index (χ1n) is 5.52. The van der Waals surface area contributed by atoms with Crippen LogP contribution < -0.4 is 10.3 Å². The zero-order valence-corrected chi connectivity index (χ0v) is 9.51. The van der Waals surface area contributed by atoms with Gasteiger partial charge in [-0.15, -0.1) is 0 Å². The predicted octanol–water partition coefficient (Wildman–Crippen LogP) is 1.49. The fraction of sp³-hybridized carbons (Fsp3) is 0.231. The van der Waals surface area contributed by atoms with E-state index in [0.717, 1.165) is 11.1 Å². The van der Waals surface area contributed by atoms with Gasteiger partial charge in [0.1, 0.15) is 6.61 Å². The quantitative estimate of drug-likeness (QED) is 0.686. The molecule has 0 amide bonds. The lowest BCUT2D eigenvalue weighted by molar-refractivity contribution is 0.271. The lowest BCUT2D eigenvalue weighted by Gasteiger charge is -2.08. The average molecular weight is 228 g/mol. The second kappa shape index (κ2) is 3.73. The second-order valence-corrected chi connectivity index (χ2v) is 4.17. The number of nitrogens with zero attached hydrogens (tertiary/aromatic N) is 2. The van der Waals surface area contributed by atoms with Gasteiger partial charge in [-0.25, -0.2) is 4.98 Å². The highest BCUT2D eigenvalue weighted by atomic mass is 16.5. The highest BCUT2D eigenvalue weighted by Crippen LogP contribution is 2.19. The molecule has 3 rings (SSSR count). The smallest absolute Gasteiger partial charge is 0.299 e. The summed E-state index contributed by atoms with van der Waals surface area (Å²) < 4.78 is 7.15. The van der Waals surface area contributed by atoms with Gasteiger partial charge in [-0.3, -0.25) is 9.36 Å². The van der Waals surface area contributed by atoms with Crippen LogP contribution >= 0.6 is 0 Å². The first-order chi connectivity index (χ1) is 8.25. The Morgan fingerprint density at radius 1 is 1.29 bits per heavy atom. The van der Waals surface area contributed by atoms with Gasteiger partial charge in [0.05, 0.1) is 6.54 Å². The topological polar surface area (TPSA) is 44.1 Å². The SMILES string of the molecule is Cc1cnc2n(c1=O)Cc1ccccc1CO2. The largest absolute Gasteiger partial charge is 0.460 e. The normalized spacial score (nSPS) is 13.2. The third-order valence-corrected chi connectivity index (χ3v) is 2.99. The van der Waals surface area contributed by atoms with E-state index in [-0.39, 0.29) is 5.56 Å². The van der Waals surface area contributed by atoms with Crippen LogP contribution in [-0.2, 0) is 13.2 Å². The maximum atomic E-state index is 12.0. The molecule has 1 aromatic heterocycles. The van der Waals surface area contributed by atoms with Crippen molar-refractivity contribution in [2.24, 2.45) is 0 Å². The Morgan fingerprint density at radius 3 is 2.88 bits per heavy atom. The molecule has 0 unspecified atom stereocenters. The first-order valence-corrected chi connectivity index (χ1v) is 5.52. The number of ether oxygens (including phenoxy) is 1. The number of fused-ring (bicyclic) bond motifs is 2. The van der Waals surface area contributed by atoms with Gasteiger partial charge in [-0.2, -0.15) is 0 Å². The van der Waals surface area contributed by atoms with Crippen LogP contribution in [0.3, 0.4) is 0 Å². The third-order valence-electron chi connectivity index (χ3n) is 2.99. The maximum Gasteiger partial charge on any atom is 0.299 e. The van der Waals surface area contributed by atoms with E-state index in [2.05, 4.69) is 4.98 Å². The van der Waals surface area contributed by atoms with Crippen LogP contribution in [0.5, 0.6) is 6.01 Å². The number of aryl methyl sites for hydroxylation is 1. The van der Waals surface area contributed by atoms with Crippen LogP contribution in [0.2, 0.25) is 0 Å². The molecule has 17 heavy (non-hydrogen) atoms. The summed E-state index contributed by atoms with van der Waals surface area (Å²) in [6.07, 6.45) is 1.56. The molecule has 0 spiro atoms.